The molecule has 6 rings (SSSR count). The quantitative estimate of drug-likeness (QED) is 0.0376. The zero-order valence-corrected chi connectivity index (χ0v) is 38.2. The number of aryl methyl sites for hydroxylation is 1. The van der Waals surface area contributed by atoms with Crippen LogP contribution in [0.1, 0.15) is 59.3 Å². The van der Waals surface area contributed by atoms with Crippen molar-refractivity contribution in [1.82, 2.24) is 29.4 Å². The van der Waals surface area contributed by atoms with Crippen LogP contribution in [-0.4, -0.2) is 68.1 Å². The third-order valence-electron chi connectivity index (χ3n) is 8.87. The fourth-order valence-electron chi connectivity index (χ4n) is 6.12. The van der Waals surface area contributed by atoms with Gasteiger partial charge >= 0.3 is 5.69 Å². The lowest BCUT2D eigenvalue weighted by atomic mass is 10.00. The van der Waals surface area contributed by atoms with Crippen molar-refractivity contribution in [2.24, 2.45) is 21.6 Å². The number of fused-ring (bicyclic) bond motifs is 5. The van der Waals surface area contributed by atoms with Crippen LogP contribution in [0.3, 0.4) is 0 Å². The van der Waals surface area contributed by atoms with Gasteiger partial charge in [-0.2, -0.15) is 19.4 Å². The first-order valence-electron chi connectivity index (χ1n) is 19.9. The molecule has 2 N–H and O–H groups in total. The fraction of sp³-hybridized carbons (Fsp3) is 0.260. The van der Waals surface area contributed by atoms with Crippen LogP contribution < -0.4 is 10.4 Å². The van der Waals surface area contributed by atoms with Gasteiger partial charge in [-0.25, -0.2) is 15.0 Å². The number of thiophene rings is 1. The molecule has 0 unspecified atom stereocenters. The predicted molar refractivity (Wildman–Crippen MR) is 283 cm³/mol. The predicted octanol–water partition coefficient (Wildman–Crippen LogP) is 7.75. The second-order valence-corrected chi connectivity index (χ2v) is 14.2. The Morgan fingerprint density at radius 2 is 1.50 bits per heavy atom. The first-order chi connectivity index (χ1) is 33.5. The van der Waals surface area contributed by atoms with Gasteiger partial charge in [-0.15, -0.1) is 17.8 Å². The minimum atomic E-state index is -0.147. The Bertz CT molecular complexity index is 3350. The molecule has 0 amide bonds. The highest BCUT2D eigenvalue weighted by Crippen LogP contribution is 2.37. The number of ether oxygens (including phenoxy) is 2. The molecule has 2 aliphatic heterocycles. The molecule has 5 heterocycles. The maximum Gasteiger partial charge on any atom is 0.352 e. The molecule has 0 radical (unpaired) electrons. The molecule has 0 bridgehead atoms. The third-order valence-corrected chi connectivity index (χ3v) is 10.3. The molecule has 18 heteroatoms. The van der Waals surface area contributed by atoms with Gasteiger partial charge in [-0.1, -0.05) is 23.0 Å². The van der Waals surface area contributed by atoms with Gasteiger partial charge in [0.25, 0.3) is 0 Å². The SMILES string of the molecule is C#CC#CC#CC#CC#CC#CC#CC#CC#CC#CC#CC#CC.COc1ccc(Cn2c(=O)n3ncnc3c3c4c(sc32)CN(CC2CCOCC2)CCC4)cc1.N=N/N=N/N(OO)OS.[HH].[HH].[HH].[HH].[HH].[HH].[HH].[HH].[HH].[HH].[HH].[HH]. The van der Waals surface area contributed by atoms with Gasteiger partial charge in [0.1, 0.15) is 16.9 Å². The molecule has 0 atom stereocenters. The van der Waals surface area contributed by atoms with E-state index < -0.39 is 0 Å². The summed E-state index contributed by atoms with van der Waals surface area (Å²) in [4.78, 5) is 26.2. The average molecular weight is 961 g/mol. The number of benzene rings is 1. The van der Waals surface area contributed by atoms with Crippen molar-refractivity contribution in [2.75, 3.05) is 33.4 Å². The van der Waals surface area contributed by atoms with E-state index in [1.165, 1.54) is 21.3 Å². The van der Waals surface area contributed by atoms with E-state index in [0.29, 0.717) is 18.1 Å². The molecule has 0 aliphatic carbocycles. The van der Waals surface area contributed by atoms with E-state index in [0.717, 1.165) is 80.1 Å². The number of nitrogens with zero attached hydrogens (tertiary/aromatic N) is 9. The number of terminal acetylenes is 1. The summed E-state index contributed by atoms with van der Waals surface area (Å²) in [5.74, 6) is 58.4. The maximum absolute atomic E-state index is 13.4. The molecule has 3 aromatic heterocycles. The maximum atomic E-state index is 13.4. The number of methoxy groups -OCH3 is 1. The van der Waals surface area contributed by atoms with Crippen molar-refractivity contribution in [3.05, 3.63) is 57.1 Å². The monoisotopic (exact) mass is 960 g/mol. The summed E-state index contributed by atoms with van der Waals surface area (Å²) < 4.78 is 18.0. The van der Waals surface area contributed by atoms with Crippen LogP contribution in [0.5, 0.6) is 5.75 Å². The van der Waals surface area contributed by atoms with E-state index in [1.807, 2.05) is 28.8 Å². The zero-order chi connectivity index (χ0) is 48.4. The lowest BCUT2D eigenvalue weighted by Crippen LogP contribution is -2.32. The van der Waals surface area contributed by atoms with Crippen molar-refractivity contribution < 1.29 is 41.1 Å². The van der Waals surface area contributed by atoms with E-state index >= 15 is 0 Å². The minimum Gasteiger partial charge on any atom is -0.497 e. The summed E-state index contributed by atoms with van der Waals surface area (Å²) >= 11 is 4.91. The van der Waals surface area contributed by atoms with E-state index in [-0.39, 0.29) is 28.1 Å². The number of aromatic nitrogens is 4. The summed E-state index contributed by atoms with van der Waals surface area (Å²) in [6.07, 6.45) is 10.8. The number of nitrogens with one attached hydrogen (secondary N) is 1. The fourth-order valence-corrected chi connectivity index (χ4v) is 7.56. The molecule has 68 heavy (non-hydrogen) atoms. The number of rotatable bonds is 9. The molecular formula is C50H60N10O6S2. The highest BCUT2D eigenvalue weighted by Gasteiger charge is 2.26. The van der Waals surface area contributed by atoms with E-state index in [2.05, 4.69) is 189 Å². The van der Waals surface area contributed by atoms with Gasteiger partial charge in [0, 0.05) is 107 Å². The molecule has 4 aromatic rings. The van der Waals surface area contributed by atoms with Gasteiger partial charge in [0.15, 0.2) is 5.65 Å². The molecule has 16 nitrogen and oxygen atoms in total. The van der Waals surface area contributed by atoms with Gasteiger partial charge in [-0.3, -0.25) is 9.47 Å². The van der Waals surface area contributed by atoms with Gasteiger partial charge in [-0.05, 0) is 174 Å². The first kappa shape index (κ1) is 51.8. The van der Waals surface area contributed by atoms with Crippen LogP contribution in [0, 0.1) is 154 Å². The molecule has 1 fully saturated rings. The van der Waals surface area contributed by atoms with Crippen LogP contribution in [-0.2, 0) is 33.5 Å². The number of thiol groups is 1. The Morgan fingerprint density at radius 3 is 2.01 bits per heavy atom. The summed E-state index contributed by atoms with van der Waals surface area (Å²) in [7, 11) is 1.66. The molecular weight excluding hydrogens is 901 g/mol. The van der Waals surface area contributed by atoms with Gasteiger partial charge in [0.2, 0.25) is 0 Å². The minimum absolute atomic E-state index is 0. The molecule has 1 aromatic carbocycles. The largest absolute Gasteiger partial charge is 0.497 e. The van der Waals surface area contributed by atoms with E-state index in [1.54, 1.807) is 25.4 Å². The van der Waals surface area contributed by atoms with Crippen molar-refractivity contribution in [3.8, 4) is 148 Å². The van der Waals surface area contributed by atoms with Gasteiger partial charge in [0.05, 0.1) is 19.0 Å². The van der Waals surface area contributed by atoms with Crippen molar-refractivity contribution in [1.29, 1.82) is 5.53 Å². The number of hydrogen-bond acceptors (Lipinski definition) is 13. The molecule has 1 saturated heterocycles. The van der Waals surface area contributed by atoms with Crippen LogP contribution in [0.15, 0.2) is 51.1 Å². The van der Waals surface area contributed by atoms with E-state index in [4.69, 9.17) is 26.7 Å². The van der Waals surface area contributed by atoms with Crippen molar-refractivity contribution in [3.63, 3.8) is 0 Å². The molecule has 2 aliphatic rings. The number of hydrogen-bond donors (Lipinski definition) is 3. The summed E-state index contributed by atoms with van der Waals surface area (Å²) in [5, 5.41) is 21.2. The summed E-state index contributed by atoms with van der Waals surface area (Å²) in [6.45, 7) is 7.11. The van der Waals surface area contributed by atoms with Crippen LogP contribution in [0.2, 0.25) is 0 Å². The smallest absolute Gasteiger partial charge is 0.352 e. The van der Waals surface area contributed by atoms with Gasteiger partial charge < -0.3 is 9.47 Å². The Hall–Kier alpha value is -8.80. The lowest BCUT2D eigenvalue weighted by Gasteiger charge is -2.28. The highest BCUT2D eigenvalue weighted by atomic mass is 32.1. The second kappa shape index (κ2) is 31.1. The Labute approximate surface area is 421 Å². The van der Waals surface area contributed by atoms with E-state index in [9.17, 15) is 4.79 Å². The normalized spacial score (nSPS) is 11.6. The zero-order valence-electron chi connectivity index (χ0n) is 36.5. The molecule has 0 saturated carbocycles. The Morgan fingerprint density at radius 1 is 0.926 bits per heavy atom. The average Bonchev–Trinajstić information content (AvgIpc) is 3.94. The lowest BCUT2D eigenvalue weighted by molar-refractivity contribution is -0.478. The first-order valence-corrected chi connectivity index (χ1v) is 21.0. The van der Waals surface area contributed by atoms with Crippen LogP contribution >= 0.6 is 24.2 Å². The topological polar surface area (TPSA) is 177 Å². The summed E-state index contributed by atoms with van der Waals surface area (Å²) in [5.41, 5.74) is 8.99. The third kappa shape index (κ3) is 17.6. The summed E-state index contributed by atoms with van der Waals surface area (Å²) in [6, 6.07) is 7.89. The standard InChI is InChI=1S/C25H29N5O3S.C25H4.H3N5O3S.12H2/c1-32-19-6-4-17(5-7-19)14-29-24-22(23-26-16-27-30(23)25(29)31)20-3-2-10-28(15-21(20)34-24)13-18-8-11-33-12-9-18;1-3-5-7-9-11-13-15-17-19-21-23-25-24-22-20-18-16-14-12-10-8-6-4-2;1-2-3-4-5(7-6)8-9;;;;;;;;;;;;/h4-7,16,18H,2-3,8-15H2,1H3;1H,2H3;1,6,9H;12*1H/b;;2-1?,4-3+;;;;;;;;;;;;. The Balaban J connectivity index is -0.000000142. The second-order valence-electron chi connectivity index (χ2n) is 13.0. The van der Waals surface area contributed by atoms with Crippen LogP contribution in [0.25, 0.3) is 15.9 Å². The van der Waals surface area contributed by atoms with Crippen LogP contribution in [0.4, 0.5) is 0 Å². The van der Waals surface area contributed by atoms with Crippen molar-refractivity contribution >= 4 is 40.1 Å². The molecule has 0 spiro atoms. The molecule has 358 valence electrons. The Kier molecular flexibility index (Phi) is 23.7. The van der Waals surface area contributed by atoms with Crippen molar-refractivity contribution in [2.45, 2.75) is 45.7 Å². The highest BCUT2D eigenvalue weighted by molar-refractivity contribution is 7.75.